The number of nitrogens with zero attached hydrogens (tertiary/aromatic N) is 6. The highest BCUT2D eigenvalue weighted by atomic mass is 16.5. The van der Waals surface area contributed by atoms with E-state index in [1.165, 1.54) is 35.0 Å². The van der Waals surface area contributed by atoms with E-state index in [4.69, 9.17) is 14.7 Å². The van der Waals surface area contributed by atoms with Crippen LogP contribution >= 0.6 is 0 Å². The van der Waals surface area contributed by atoms with E-state index in [2.05, 4.69) is 61.9 Å². The Morgan fingerprint density at radius 3 is 2.82 bits per heavy atom. The molecule has 1 aromatic carbocycles. The number of benzene rings is 1. The first kappa shape index (κ1) is 24.7. The molecule has 2 saturated heterocycles. The van der Waals surface area contributed by atoms with Gasteiger partial charge in [-0.05, 0) is 75.2 Å². The molecule has 0 saturated carbocycles. The minimum atomic E-state index is 0.305. The standard InChI is InChI=1S/C31H37N7O/c1-22-21-39-16-15-38(22)31-27-9-14-37(26-7-12-36(13-8-26)19-23-3-2-10-32-18-23)20-29(27)34-30(35-31)25-4-5-28-24(17-25)6-11-33-28/h2-6,10-11,17-18,22,26,33H,7-9,12-16,19-21H2,1H3. The zero-order valence-electron chi connectivity index (χ0n) is 22.7. The van der Waals surface area contributed by atoms with Crippen molar-refractivity contribution < 1.29 is 4.74 Å². The second-order valence-corrected chi connectivity index (χ2v) is 11.3. The lowest BCUT2D eigenvalue weighted by Gasteiger charge is -2.42. The maximum Gasteiger partial charge on any atom is 0.161 e. The lowest BCUT2D eigenvalue weighted by atomic mass is 9.97. The van der Waals surface area contributed by atoms with Gasteiger partial charge in [-0.25, -0.2) is 9.97 Å². The average Bonchev–Trinajstić information content (AvgIpc) is 3.46. The number of nitrogens with one attached hydrogen (secondary N) is 1. The number of fused-ring (bicyclic) bond motifs is 2. The number of hydrogen-bond acceptors (Lipinski definition) is 7. The zero-order chi connectivity index (χ0) is 26.2. The van der Waals surface area contributed by atoms with Crippen molar-refractivity contribution in [3.63, 3.8) is 0 Å². The summed E-state index contributed by atoms with van der Waals surface area (Å²) in [4.78, 5) is 25.8. The number of morpholine rings is 1. The van der Waals surface area contributed by atoms with Crippen LogP contribution in [0.1, 0.15) is 36.6 Å². The fourth-order valence-electron chi connectivity index (χ4n) is 6.54. The molecule has 0 aliphatic carbocycles. The van der Waals surface area contributed by atoms with Crippen molar-refractivity contribution in [1.82, 2.24) is 29.7 Å². The van der Waals surface area contributed by atoms with Gasteiger partial charge in [0.05, 0.1) is 24.9 Å². The van der Waals surface area contributed by atoms with Crippen LogP contribution in [0.3, 0.4) is 0 Å². The van der Waals surface area contributed by atoms with Crippen molar-refractivity contribution in [2.45, 2.75) is 51.4 Å². The van der Waals surface area contributed by atoms with Crippen LogP contribution in [0.15, 0.2) is 55.0 Å². The molecule has 3 aromatic heterocycles. The number of rotatable bonds is 5. The largest absolute Gasteiger partial charge is 0.377 e. The van der Waals surface area contributed by atoms with Crippen molar-refractivity contribution in [3.05, 3.63) is 71.8 Å². The molecule has 39 heavy (non-hydrogen) atoms. The Labute approximate surface area is 230 Å². The Balaban J connectivity index is 1.14. The predicted molar refractivity (Wildman–Crippen MR) is 154 cm³/mol. The van der Waals surface area contributed by atoms with Crippen molar-refractivity contribution in [1.29, 1.82) is 0 Å². The van der Waals surface area contributed by atoms with E-state index < -0.39 is 0 Å². The van der Waals surface area contributed by atoms with Crippen molar-refractivity contribution in [2.75, 3.05) is 44.3 Å². The van der Waals surface area contributed by atoms with Gasteiger partial charge in [0.15, 0.2) is 5.82 Å². The summed E-state index contributed by atoms with van der Waals surface area (Å²) in [7, 11) is 0. The van der Waals surface area contributed by atoms with Crippen LogP contribution in [-0.2, 0) is 24.2 Å². The number of anilines is 1. The Morgan fingerprint density at radius 1 is 1.05 bits per heavy atom. The van der Waals surface area contributed by atoms with Gasteiger partial charge in [-0.15, -0.1) is 0 Å². The van der Waals surface area contributed by atoms with E-state index in [1.807, 2.05) is 24.7 Å². The van der Waals surface area contributed by atoms with E-state index in [9.17, 15) is 0 Å². The fourth-order valence-corrected chi connectivity index (χ4v) is 6.54. The first-order valence-electron chi connectivity index (χ1n) is 14.4. The third-order valence-corrected chi connectivity index (χ3v) is 8.73. The second kappa shape index (κ2) is 10.7. The van der Waals surface area contributed by atoms with Gasteiger partial charge in [0, 0.05) is 72.8 Å². The maximum absolute atomic E-state index is 5.77. The number of pyridine rings is 1. The molecule has 1 N–H and O–H groups in total. The molecule has 0 spiro atoms. The summed E-state index contributed by atoms with van der Waals surface area (Å²) in [5.41, 5.74) is 6.05. The molecule has 3 aliphatic rings. The zero-order valence-corrected chi connectivity index (χ0v) is 22.7. The van der Waals surface area contributed by atoms with Crippen LogP contribution in [-0.4, -0.2) is 81.2 Å². The first-order valence-corrected chi connectivity index (χ1v) is 14.4. The van der Waals surface area contributed by atoms with Gasteiger partial charge < -0.3 is 14.6 Å². The number of ether oxygens (including phenoxy) is 1. The Hall–Kier alpha value is -3.33. The SMILES string of the molecule is CC1COCCN1c1nc(-c2ccc3[nH]ccc3c2)nc2c1CCN(C1CCN(Cc3cccnc3)CC1)C2. The van der Waals surface area contributed by atoms with Crippen LogP contribution in [0.25, 0.3) is 22.3 Å². The van der Waals surface area contributed by atoms with E-state index in [-0.39, 0.29) is 0 Å². The summed E-state index contributed by atoms with van der Waals surface area (Å²) >= 11 is 0. The topological polar surface area (TPSA) is 73.4 Å². The molecule has 3 aliphatic heterocycles. The highest BCUT2D eigenvalue weighted by molar-refractivity contribution is 5.84. The number of likely N-dealkylation sites (tertiary alicyclic amines) is 1. The summed E-state index contributed by atoms with van der Waals surface area (Å²) in [5.74, 6) is 1.95. The lowest BCUT2D eigenvalue weighted by Crippen LogP contribution is -2.48. The minimum absolute atomic E-state index is 0.305. The monoisotopic (exact) mass is 523 g/mol. The lowest BCUT2D eigenvalue weighted by molar-refractivity contribution is 0.0922. The summed E-state index contributed by atoms with van der Waals surface area (Å²) in [6, 6.07) is 13.7. The van der Waals surface area contributed by atoms with Crippen LogP contribution < -0.4 is 4.90 Å². The van der Waals surface area contributed by atoms with Crippen LogP contribution in [0.4, 0.5) is 5.82 Å². The number of piperidine rings is 1. The molecule has 8 heteroatoms. The van der Waals surface area contributed by atoms with Gasteiger partial charge in [0.2, 0.25) is 0 Å². The number of aromatic amines is 1. The van der Waals surface area contributed by atoms with Gasteiger partial charge in [-0.2, -0.15) is 0 Å². The predicted octanol–water partition coefficient (Wildman–Crippen LogP) is 4.27. The molecule has 0 bridgehead atoms. The third kappa shape index (κ3) is 5.04. The Morgan fingerprint density at radius 2 is 1.97 bits per heavy atom. The van der Waals surface area contributed by atoms with Crippen LogP contribution in [0.2, 0.25) is 0 Å². The summed E-state index contributed by atoms with van der Waals surface area (Å²) < 4.78 is 5.77. The molecule has 2 fully saturated rings. The van der Waals surface area contributed by atoms with E-state index in [0.717, 1.165) is 81.6 Å². The van der Waals surface area contributed by atoms with Crippen molar-refractivity contribution in [3.8, 4) is 11.4 Å². The third-order valence-electron chi connectivity index (χ3n) is 8.73. The molecule has 0 amide bonds. The number of hydrogen-bond donors (Lipinski definition) is 1. The van der Waals surface area contributed by atoms with Gasteiger partial charge in [-0.3, -0.25) is 14.8 Å². The first-order chi connectivity index (χ1) is 19.2. The van der Waals surface area contributed by atoms with Crippen molar-refractivity contribution >= 4 is 16.7 Å². The van der Waals surface area contributed by atoms with Gasteiger partial charge in [0.1, 0.15) is 5.82 Å². The summed E-state index contributed by atoms with van der Waals surface area (Å²) in [5, 5.41) is 1.19. The molecule has 1 atom stereocenters. The van der Waals surface area contributed by atoms with Crippen LogP contribution in [0.5, 0.6) is 0 Å². The smallest absolute Gasteiger partial charge is 0.161 e. The minimum Gasteiger partial charge on any atom is -0.377 e. The highest BCUT2D eigenvalue weighted by Gasteiger charge is 2.32. The highest BCUT2D eigenvalue weighted by Crippen LogP contribution is 2.33. The maximum atomic E-state index is 5.77. The molecule has 4 aromatic rings. The summed E-state index contributed by atoms with van der Waals surface area (Å²) in [6.45, 7) is 9.83. The summed E-state index contributed by atoms with van der Waals surface area (Å²) in [6.07, 6.45) is 9.23. The molecule has 7 rings (SSSR count). The fraction of sp³-hybridized carbons (Fsp3) is 0.452. The Kier molecular flexibility index (Phi) is 6.76. The van der Waals surface area contributed by atoms with E-state index >= 15 is 0 Å². The molecule has 0 radical (unpaired) electrons. The van der Waals surface area contributed by atoms with E-state index in [1.54, 1.807) is 0 Å². The molecule has 1 unspecified atom stereocenters. The average molecular weight is 524 g/mol. The Bertz CT molecular complexity index is 1430. The molecule has 202 valence electrons. The number of H-pyrrole nitrogens is 1. The molecule has 8 nitrogen and oxygen atoms in total. The molecule has 6 heterocycles. The quantitative estimate of drug-likeness (QED) is 0.419. The van der Waals surface area contributed by atoms with Gasteiger partial charge in [0.25, 0.3) is 0 Å². The van der Waals surface area contributed by atoms with Gasteiger partial charge in [-0.1, -0.05) is 6.07 Å². The normalized spacial score (nSPS) is 21.4. The number of aromatic nitrogens is 4. The molecular formula is C31H37N7O. The van der Waals surface area contributed by atoms with Crippen LogP contribution in [0, 0.1) is 0 Å². The molecular weight excluding hydrogens is 486 g/mol. The van der Waals surface area contributed by atoms with Crippen molar-refractivity contribution in [2.24, 2.45) is 0 Å². The van der Waals surface area contributed by atoms with E-state index in [0.29, 0.717) is 12.1 Å². The van der Waals surface area contributed by atoms with Gasteiger partial charge >= 0.3 is 0 Å². The second-order valence-electron chi connectivity index (χ2n) is 11.3.